The van der Waals surface area contributed by atoms with Gasteiger partial charge in [0.25, 0.3) is 5.19 Å². The van der Waals surface area contributed by atoms with Crippen molar-refractivity contribution in [3.8, 4) is 10.9 Å². The number of nitrogens with zero attached hydrogens (tertiary/aromatic N) is 3. The van der Waals surface area contributed by atoms with E-state index in [2.05, 4.69) is 25.0 Å². The Morgan fingerprint density at radius 2 is 2.00 bits per heavy atom. The number of aromatic nitrogens is 2. The predicted octanol–water partition coefficient (Wildman–Crippen LogP) is 3.94. The lowest BCUT2D eigenvalue weighted by Crippen LogP contribution is -2.35. The van der Waals surface area contributed by atoms with Crippen molar-refractivity contribution in [3.05, 3.63) is 65.0 Å². The molecule has 2 heterocycles. The van der Waals surface area contributed by atoms with Crippen molar-refractivity contribution in [1.82, 2.24) is 14.7 Å². The molecule has 1 aliphatic heterocycles. The number of anilines is 1. The molecule has 148 valence electrons. The Morgan fingerprint density at radius 1 is 1.17 bits per heavy atom. The maximum Gasteiger partial charge on any atom is 0.299 e. The molecule has 1 aromatic heterocycles. The first-order chi connectivity index (χ1) is 14.1. The van der Waals surface area contributed by atoms with Crippen LogP contribution in [0.2, 0.25) is 0 Å². The van der Waals surface area contributed by atoms with Gasteiger partial charge in [-0.25, -0.2) is 0 Å². The number of nitrogens with one attached hydrogen (secondary N) is 2. The SMILES string of the molecule is Cc1cc(Oc2nc(C(=O)c3ccccc3)ns2)c(C)cc1NC1=NCCCN1. The van der Waals surface area contributed by atoms with Crippen molar-refractivity contribution in [2.24, 2.45) is 4.99 Å². The lowest BCUT2D eigenvalue weighted by atomic mass is 10.1. The number of carbonyl (C=O) groups is 1. The van der Waals surface area contributed by atoms with E-state index < -0.39 is 0 Å². The van der Waals surface area contributed by atoms with Gasteiger partial charge in [0.1, 0.15) is 5.75 Å². The highest BCUT2D eigenvalue weighted by Gasteiger charge is 2.17. The molecular weight excluding hydrogens is 386 g/mol. The number of hydrogen-bond acceptors (Lipinski definition) is 8. The van der Waals surface area contributed by atoms with E-state index in [0.29, 0.717) is 16.5 Å². The second kappa shape index (κ2) is 8.40. The lowest BCUT2D eigenvalue weighted by Gasteiger charge is -2.18. The Morgan fingerprint density at radius 3 is 2.76 bits per heavy atom. The van der Waals surface area contributed by atoms with E-state index in [1.165, 1.54) is 0 Å². The standard InChI is InChI=1S/C21H21N5O2S/c1-13-12-17(14(2)11-16(13)24-20-22-9-6-10-23-20)28-21-25-19(26-29-21)18(27)15-7-4-3-5-8-15/h3-5,7-8,11-12H,6,9-10H2,1-2H3,(H2,22,23,24). The van der Waals surface area contributed by atoms with Crippen molar-refractivity contribution < 1.29 is 9.53 Å². The first kappa shape index (κ1) is 19.1. The first-order valence-corrected chi connectivity index (χ1v) is 10.2. The summed E-state index contributed by atoms with van der Waals surface area (Å²) in [5, 5.41) is 6.92. The van der Waals surface area contributed by atoms with Crippen LogP contribution in [0, 0.1) is 13.8 Å². The van der Waals surface area contributed by atoms with Crippen molar-refractivity contribution in [3.63, 3.8) is 0 Å². The molecule has 0 aliphatic carbocycles. The molecule has 8 heteroatoms. The van der Waals surface area contributed by atoms with Crippen LogP contribution in [0.15, 0.2) is 47.5 Å². The van der Waals surface area contributed by atoms with Crippen LogP contribution in [-0.4, -0.2) is 34.2 Å². The Kier molecular flexibility index (Phi) is 5.53. The van der Waals surface area contributed by atoms with E-state index >= 15 is 0 Å². The van der Waals surface area contributed by atoms with E-state index in [1.54, 1.807) is 12.1 Å². The van der Waals surface area contributed by atoms with Crippen LogP contribution < -0.4 is 15.4 Å². The van der Waals surface area contributed by atoms with Gasteiger partial charge in [-0.2, -0.15) is 9.36 Å². The number of aliphatic imine (C=N–C) groups is 1. The smallest absolute Gasteiger partial charge is 0.299 e. The van der Waals surface area contributed by atoms with E-state index in [0.717, 1.165) is 53.8 Å². The molecule has 29 heavy (non-hydrogen) atoms. The Labute approximate surface area is 173 Å². The molecule has 0 amide bonds. The number of rotatable bonds is 5. The van der Waals surface area contributed by atoms with Gasteiger partial charge < -0.3 is 15.4 Å². The van der Waals surface area contributed by atoms with Crippen LogP contribution in [0.3, 0.4) is 0 Å². The van der Waals surface area contributed by atoms with E-state index in [4.69, 9.17) is 4.74 Å². The fraction of sp³-hybridized carbons (Fsp3) is 0.238. The molecule has 0 radical (unpaired) electrons. The first-order valence-electron chi connectivity index (χ1n) is 9.38. The number of carbonyl (C=O) groups excluding carboxylic acids is 1. The quantitative estimate of drug-likeness (QED) is 0.623. The van der Waals surface area contributed by atoms with Gasteiger partial charge in [0.15, 0.2) is 5.96 Å². The Balaban J connectivity index is 1.50. The van der Waals surface area contributed by atoms with Gasteiger partial charge in [-0.05, 0) is 43.5 Å². The highest BCUT2D eigenvalue weighted by atomic mass is 32.1. The average molecular weight is 407 g/mol. The molecule has 0 unspecified atom stereocenters. The molecule has 4 rings (SSSR count). The van der Waals surface area contributed by atoms with E-state index in [1.807, 2.05) is 44.2 Å². The summed E-state index contributed by atoms with van der Waals surface area (Å²) in [5.41, 5.74) is 3.49. The van der Waals surface area contributed by atoms with Crippen molar-refractivity contribution in [2.45, 2.75) is 20.3 Å². The number of guanidine groups is 1. The molecule has 0 saturated heterocycles. The van der Waals surface area contributed by atoms with Gasteiger partial charge in [0, 0.05) is 35.9 Å². The van der Waals surface area contributed by atoms with Crippen LogP contribution in [0.4, 0.5) is 5.69 Å². The fourth-order valence-electron chi connectivity index (χ4n) is 2.93. The topological polar surface area (TPSA) is 88.5 Å². The summed E-state index contributed by atoms with van der Waals surface area (Å²) < 4.78 is 10.1. The summed E-state index contributed by atoms with van der Waals surface area (Å²) in [6.45, 7) is 5.72. The van der Waals surface area contributed by atoms with Crippen LogP contribution in [0.5, 0.6) is 10.9 Å². The molecule has 2 N–H and O–H groups in total. The third kappa shape index (κ3) is 4.43. The third-order valence-corrected chi connectivity index (χ3v) is 5.11. The van der Waals surface area contributed by atoms with Crippen LogP contribution in [0.1, 0.15) is 33.7 Å². The number of ketones is 1. The minimum absolute atomic E-state index is 0.144. The zero-order valence-corrected chi connectivity index (χ0v) is 17.0. The van der Waals surface area contributed by atoms with E-state index in [9.17, 15) is 4.79 Å². The van der Waals surface area contributed by atoms with Gasteiger partial charge in [0.2, 0.25) is 11.6 Å². The summed E-state index contributed by atoms with van der Waals surface area (Å²) in [5.74, 6) is 1.40. The minimum atomic E-state index is -0.218. The predicted molar refractivity (Wildman–Crippen MR) is 114 cm³/mol. The zero-order chi connectivity index (χ0) is 20.2. The van der Waals surface area contributed by atoms with Gasteiger partial charge >= 0.3 is 0 Å². The zero-order valence-electron chi connectivity index (χ0n) is 16.2. The third-order valence-electron chi connectivity index (χ3n) is 4.52. The van der Waals surface area contributed by atoms with Gasteiger partial charge in [-0.3, -0.25) is 9.79 Å². The van der Waals surface area contributed by atoms with Crippen molar-refractivity contribution in [1.29, 1.82) is 0 Å². The monoisotopic (exact) mass is 407 g/mol. The molecule has 0 spiro atoms. The number of ether oxygens (including phenoxy) is 1. The lowest BCUT2D eigenvalue weighted by molar-refractivity contribution is 0.103. The normalized spacial score (nSPS) is 13.4. The molecule has 0 bridgehead atoms. The Bertz CT molecular complexity index is 1060. The maximum atomic E-state index is 12.5. The summed E-state index contributed by atoms with van der Waals surface area (Å²) in [6, 6.07) is 12.9. The van der Waals surface area contributed by atoms with Crippen LogP contribution in [0.25, 0.3) is 0 Å². The summed E-state index contributed by atoms with van der Waals surface area (Å²) in [6.07, 6.45) is 1.05. The second-order valence-corrected chi connectivity index (χ2v) is 7.46. The Hall–Kier alpha value is -3.26. The maximum absolute atomic E-state index is 12.5. The molecule has 0 saturated carbocycles. The minimum Gasteiger partial charge on any atom is -0.430 e. The van der Waals surface area contributed by atoms with Crippen LogP contribution in [-0.2, 0) is 0 Å². The second-order valence-electron chi connectivity index (χ2n) is 6.75. The average Bonchev–Trinajstić information content (AvgIpc) is 3.21. The summed E-state index contributed by atoms with van der Waals surface area (Å²) in [4.78, 5) is 21.2. The molecular formula is C21H21N5O2S. The van der Waals surface area contributed by atoms with Crippen LogP contribution >= 0.6 is 11.5 Å². The van der Waals surface area contributed by atoms with Gasteiger partial charge in [0.05, 0.1) is 0 Å². The molecule has 7 nitrogen and oxygen atoms in total. The van der Waals surface area contributed by atoms with Crippen molar-refractivity contribution in [2.75, 3.05) is 18.4 Å². The highest BCUT2D eigenvalue weighted by molar-refractivity contribution is 7.07. The molecule has 0 atom stereocenters. The largest absolute Gasteiger partial charge is 0.430 e. The summed E-state index contributed by atoms with van der Waals surface area (Å²) >= 11 is 1.07. The molecule has 3 aromatic rings. The van der Waals surface area contributed by atoms with Crippen molar-refractivity contribution >= 4 is 29.0 Å². The van der Waals surface area contributed by atoms with Gasteiger partial charge in [-0.1, -0.05) is 30.3 Å². The molecule has 1 aliphatic rings. The van der Waals surface area contributed by atoms with Gasteiger partial charge in [-0.15, -0.1) is 0 Å². The van der Waals surface area contributed by atoms with E-state index in [-0.39, 0.29) is 11.6 Å². The summed E-state index contributed by atoms with van der Waals surface area (Å²) in [7, 11) is 0. The molecule has 0 fully saturated rings. The molecule has 2 aromatic carbocycles. The number of aryl methyl sites for hydroxylation is 2. The highest BCUT2D eigenvalue weighted by Crippen LogP contribution is 2.31. The number of hydrogen-bond donors (Lipinski definition) is 2. The number of benzene rings is 2. The fourth-order valence-corrected chi connectivity index (χ4v) is 3.48.